The van der Waals surface area contributed by atoms with Gasteiger partial charge in [0.05, 0.1) is 6.61 Å². The molecule has 0 spiro atoms. The van der Waals surface area contributed by atoms with E-state index in [1.807, 2.05) is 18.2 Å². The van der Waals surface area contributed by atoms with E-state index in [9.17, 15) is 4.39 Å². The van der Waals surface area contributed by atoms with Crippen LogP contribution in [0.2, 0.25) is 0 Å². The Morgan fingerprint density at radius 3 is 2.90 bits per heavy atom. The molecule has 3 rings (SSSR count). The highest BCUT2D eigenvalue weighted by Gasteiger charge is 2.13. The molecular formula is C18H20FNO. The van der Waals surface area contributed by atoms with Crippen LogP contribution in [0.3, 0.4) is 0 Å². The van der Waals surface area contributed by atoms with Gasteiger partial charge in [-0.3, -0.25) is 0 Å². The van der Waals surface area contributed by atoms with Crippen molar-refractivity contribution in [3.63, 3.8) is 0 Å². The van der Waals surface area contributed by atoms with Crippen molar-refractivity contribution >= 4 is 0 Å². The van der Waals surface area contributed by atoms with Crippen molar-refractivity contribution in [3.8, 4) is 5.75 Å². The van der Waals surface area contributed by atoms with Gasteiger partial charge in [-0.25, -0.2) is 4.39 Å². The summed E-state index contributed by atoms with van der Waals surface area (Å²) in [6.07, 6.45) is 3.35. The molecule has 1 unspecified atom stereocenters. The van der Waals surface area contributed by atoms with E-state index in [4.69, 9.17) is 10.5 Å². The van der Waals surface area contributed by atoms with E-state index in [1.165, 1.54) is 17.2 Å². The van der Waals surface area contributed by atoms with Crippen molar-refractivity contribution < 1.29 is 9.13 Å². The van der Waals surface area contributed by atoms with Gasteiger partial charge in [-0.2, -0.15) is 0 Å². The number of benzene rings is 2. The summed E-state index contributed by atoms with van der Waals surface area (Å²) in [6.45, 7) is 0.783. The van der Waals surface area contributed by atoms with Gasteiger partial charge >= 0.3 is 0 Å². The lowest BCUT2D eigenvalue weighted by Gasteiger charge is -2.12. The van der Waals surface area contributed by atoms with E-state index < -0.39 is 0 Å². The average Bonchev–Trinajstić information content (AvgIpc) is 2.95. The fourth-order valence-corrected chi connectivity index (χ4v) is 2.80. The molecule has 21 heavy (non-hydrogen) atoms. The van der Waals surface area contributed by atoms with Crippen LogP contribution >= 0.6 is 0 Å². The number of nitrogens with two attached hydrogens (primary N) is 1. The van der Waals surface area contributed by atoms with E-state index in [1.54, 1.807) is 6.07 Å². The summed E-state index contributed by atoms with van der Waals surface area (Å²) in [6, 6.07) is 13.2. The summed E-state index contributed by atoms with van der Waals surface area (Å²) in [5, 5.41) is 0. The highest BCUT2D eigenvalue weighted by atomic mass is 19.1. The lowest BCUT2D eigenvalue weighted by Crippen LogP contribution is -2.24. The van der Waals surface area contributed by atoms with Crippen LogP contribution in [0.4, 0.5) is 4.39 Å². The molecular weight excluding hydrogens is 265 g/mol. The van der Waals surface area contributed by atoms with Crippen LogP contribution in [0.1, 0.15) is 23.1 Å². The Labute approximate surface area is 124 Å². The molecule has 0 saturated carbocycles. The van der Waals surface area contributed by atoms with Crippen LogP contribution in [0.25, 0.3) is 0 Å². The fourth-order valence-electron chi connectivity index (χ4n) is 2.80. The summed E-state index contributed by atoms with van der Waals surface area (Å²) < 4.78 is 19.1. The SMILES string of the molecule is NC(CCc1ccc2c(c1)CCO2)Cc1ccccc1F. The zero-order valence-electron chi connectivity index (χ0n) is 12.0. The Bertz CT molecular complexity index is 626. The zero-order chi connectivity index (χ0) is 14.7. The van der Waals surface area contributed by atoms with E-state index in [0.717, 1.165) is 31.6 Å². The number of ether oxygens (including phenoxy) is 1. The molecule has 0 fully saturated rings. The molecule has 0 amide bonds. The van der Waals surface area contributed by atoms with E-state index in [2.05, 4.69) is 12.1 Å². The van der Waals surface area contributed by atoms with Crippen LogP contribution in [0, 0.1) is 5.82 Å². The van der Waals surface area contributed by atoms with E-state index in [-0.39, 0.29) is 11.9 Å². The molecule has 3 heteroatoms. The molecule has 2 aromatic carbocycles. The van der Waals surface area contributed by atoms with Crippen molar-refractivity contribution in [2.45, 2.75) is 31.7 Å². The first kappa shape index (κ1) is 14.1. The number of halogens is 1. The van der Waals surface area contributed by atoms with Gasteiger partial charge in [0.1, 0.15) is 11.6 Å². The first-order valence-electron chi connectivity index (χ1n) is 7.46. The zero-order valence-corrected chi connectivity index (χ0v) is 12.0. The Kier molecular flexibility index (Phi) is 4.20. The van der Waals surface area contributed by atoms with Gasteiger partial charge in [0.15, 0.2) is 0 Å². The minimum Gasteiger partial charge on any atom is -0.493 e. The molecule has 110 valence electrons. The van der Waals surface area contributed by atoms with E-state index >= 15 is 0 Å². The Hall–Kier alpha value is -1.87. The highest BCUT2D eigenvalue weighted by Crippen LogP contribution is 2.26. The smallest absolute Gasteiger partial charge is 0.126 e. The molecule has 2 nitrogen and oxygen atoms in total. The van der Waals surface area contributed by atoms with Gasteiger partial charge in [-0.15, -0.1) is 0 Å². The van der Waals surface area contributed by atoms with Gasteiger partial charge < -0.3 is 10.5 Å². The lowest BCUT2D eigenvalue weighted by molar-refractivity contribution is 0.357. The van der Waals surface area contributed by atoms with E-state index in [0.29, 0.717) is 12.0 Å². The normalized spacial score (nSPS) is 14.6. The summed E-state index contributed by atoms with van der Waals surface area (Å²) in [4.78, 5) is 0. The summed E-state index contributed by atoms with van der Waals surface area (Å²) in [7, 11) is 0. The number of rotatable bonds is 5. The van der Waals surface area contributed by atoms with Crippen LogP contribution in [-0.4, -0.2) is 12.6 Å². The molecule has 0 bridgehead atoms. The maximum Gasteiger partial charge on any atom is 0.126 e. The van der Waals surface area contributed by atoms with Gasteiger partial charge in [-0.1, -0.05) is 30.3 Å². The van der Waals surface area contributed by atoms with Gasteiger partial charge in [0, 0.05) is 12.5 Å². The second-order valence-electron chi connectivity index (χ2n) is 5.63. The standard InChI is InChI=1S/C18H20FNO/c19-17-4-2-1-3-14(17)12-16(20)7-5-13-6-8-18-15(11-13)9-10-21-18/h1-4,6,8,11,16H,5,7,9-10,12,20H2. The van der Waals surface area contributed by atoms with Crippen molar-refractivity contribution in [1.82, 2.24) is 0 Å². The Morgan fingerprint density at radius 2 is 2.05 bits per heavy atom. The third-order valence-electron chi connectivity index (χ3n) is 4.00. The van der Waals surface area contributed by atoms with Crippen molar-refractivity contribution in [1.29, 1.82) is 0 Å². The second-order valence-corrected chi connectivity index (χ2v) is 5.63. The third kappa shape index (κ3) is 3.42. The Balaban J connectivity index is 1.56. The maximum atomic E-state index is 13.6. The summed E-state index contributed by atoms with van der Waals surface area (Å²) >= 11 is 0. The number of fused-ring (bicyclic) bond motifs is 1. The van der Waals surface area contributed by atoms with Crippen LogP contribution in [0.15, 0.2) is 42.5 Å². The molecule has 0 radical (unpaired) electrons. The maximum absolute atomic E-state index is 13.6. The first-order chi connectivity index (χ1) is 10.2. The predicted molar refractivity (Wildman–Crippen MR) is 82.0 cm³/mol. The molecule has 2 aromatic rings. The monoisotopic (exact) mass is 285 g/mol. The highest BCUT2D eigenvalue weighted by molar-refractivity contribution is 5.39. The molecule has 1 aliphatic rings. The number of hydrogen-bond donors (Lipinski definition) is 1. The van der Waals surface area contributed by atoms with Crippen LogP contribution in [0.5, 0.6) is 5.75 Å². The van der Waals surface area contributed by atoms with Gasteiger partial charge in [0.25, 0.3) is 0 Å². The summed E-state index contributed by atoms with van der Waals surface area (Å²) in [5.74, 6) is 0.844. The molecule has 0 aliphatic carbocycles. The van der Waals surface area contributed by atoms with Gasteiger partial charge in [-0.05, 0) is 48.1 Å². The molecule has 0 saturated heterocycles. The predicted octanol–water partition coefficient (Wildman–Crippen LogP) is 3.26. The van der Waals surface area contributed by atoms with Crippen molar-refractivity contribution in [2.24, 2.45) is 5.73 Å². The molecule has 2 N–H and O–H groups in total. The largest absolute Gasteiger partial charge is 0.493 e. The summed E-state index contributed by atoms with van der Waals surface area (Å²) in [5.41, 5.74) is 9.41. The first-order valence-corrected chi connectivity index (χ1v) is 7.46. The van der Waals surface area contributed by atoms with Gasteiger partial charge in [0.2, 0.25) is 0 Å². The molecule has 0 aromatic heterocycles. The third-order valence-corrected chi connectivity index (χ3v) is 4.00. The minimum atomic E-state index is -0.164. The van der Waals surface area contributed by atoms with Crippen molar-refractivity contribution in [3.05, 3.63) is 65.0 Å². The quantitative estimate of drug-likeness (QED) is 0.915. The number of aryl methyl sites for hydroxylation is 1. The minimum absolute atomic E-state index is 0.0218. The average molecular weight is 285 g/mol. The number of hydrogen-bond acceptors (Lipinski definition) is 2. The molecule has 1 heterocycles. The van der Waals surface area contributed by atoms with Crippen LogP contribution < -0.4 is 10.5 Å². The fraction of sp³-hybridized carbons (Fsp3) is 0.333. The lowest BCUT2D eigenvalue weighted by atomic mass is 9.98. The Morgan fingerprint density at radius 1 is 1.19 bits per heavy atom. The molecule has 1 atom stereocenters. The second kappa shape index (κ2) is 6.27. The molecule has 1 aliphatic heterocycles. The van der Waals surface area contributed by atoms with Crippen LogP contribution in [-0.2, 0) is 19.3 Å². The topological polar surface area (TPSA) is 35.2 Å². The van der Waals surface area contributed by atoms with Crippen molar-refractivity contribution in [2.75, 3.05) is 6.61 Å².